The predicted octanol–water partition coefficient (Wildman–Crippen LogP) is 1.79. The number of fused-ring (bicyclic) bond motifs is 1. The van der Waals surface area contributed by atoms with Gasteiger partial charge in [0, 0.05) is 25.2 Å². The largest absolute Gasteiger partial charge is 0.342 e. The summed E-state index contributed by atoms with van der Waals surface area (Å²) in [5, 5.41) is 2.68. The van der Waals surface area contributed by atoms with Crippen LogP contribution in [-0.4, -0.2) is 25.4 Å². The second kappa shape index (κ2) is 6.99. The van der Waals surface area contributed by atoms with Crippen molar-refractivity contribution in [3.8, 4) is 0 Å². The second-order valence-corrected chi connectivity index (χ2v) is 6.42. The molecular formula is C20H17N5O3. The summed E-state index contributed by atoms with van der Waals surface area (Å²) in [5.74, 6) is 0.249. The zero-order chi connectivity index (χ0) is 19.7. The molecule has 8 heteroatoms. The molecule has 0 unspecified atom stereocenters. The van der Waals surface area contributed by atoms with Crippen molar-refractivity contribution in [3.63, 3.8) is 0 Å². The maximum atomic E-state index is 12.4. The van der Waals surface area contributed by atoms with Crippen molar-refractivity contribution in [2.24, 2.45) is 7.05 Å². The minimum atomic E-state index is -0.646. The zero-order valence-electron chi connectivity index (χ0n) is 15.0. The quantitative estimate of drug-likeness (QED) is 0.505. The van der Waals surface area contributed by atoms with Crippen molar-refractivity contribution in [2.45, 2.75) is 6.42 Å². The number of hydrogen-bond acceptors (Lipinski definition) is 4. The first-order valence-electron chi connectivity index (χ1n) is 8.64. The van der Waals surface area contributed by atoms with Gasteiger partial charge in [0.1, 0.15) is 11.5 Å². The van der Waals surface area contributed by atoms with Gasteiger partial charge < -0.3 is 15.3 Å². The maximum absolute atomic E-state index is 12.4. The van der Waals surface area contributed by atoms with Gasteiger partial charge in [0.25, 0.3) is 11.5 Å². The number of nitrogens with zero attached hydrogens (tertiary/aromatic N) is 2. The van der Waals surface area contributed by atoms with Crippen LogP contribution in [0.2, 0.25) is 0 Å². The fraction of sp³-hybridized carbons (Fsp3) is 0.100. The van der Waals surface area contributed by atoms with Gasteiger partial charge in [-0.3, -0.25) is 14.2 Å². The normalized spacial score (nSPS) is 10.9. The van der Waals surface area contributed by atoms with Crippen LogP contribution in [0.5, 0.6) is 0 Å². The molecule has 0 aliphatic carbocycles. The first-order valence-corrected chi connectivity index (χ1v) is 8.64. The van der Waals surface area contributed by atoms with Gasteiger partial charge in [-0.25, -0.2) is 9.78 Å². The summed E-state index contributed by atoms with van der Waals surface area (Å²) in [7, 11) is 1.34. The van der Waals surface area contributed by atoms with E-state index >= 15 is 0 Å². The Hall–Kier alpha value is -3.94. The maximum Gasteiger partial charge on any atom is 0.328 e. The van der Waals surface area contributed by atoms with Gasteiger partial charge in [0.15, 0.2) is 0 Å². The molecule has 0 saturated carbocycles. The van der Waals surface area contributed by atoms with E-state index in [0.29, 0.717) is 12.1 Å². The first-order chi connectivity index (χ1) is 13.5. The number of carbonyl (C=O) groups is 1. The van der Waals surface area contributed by atoms with Gasteiger partial charge in [-0.2, -0.15) is 0 Å². The molecule has 3 N–H and O–H groups in total. The van der Waals surface area contributed by atoms with Gasteiger partial charge in [-0.05, 0) is 23.8 Å². The van der Waals surface area contributed by atoms with E-state index in [2.05, 4.69) is 20.3 Å². The minimum absolute atomic E-state index is 0.0948. The van der Waals surface area contributed by atoms with Crippen molar-refractivity contribution in [3.05, 3.63) is 92.5 Å². The molecule has 0 aliphatic rings. The van der Waals surface area contributed by atoms with Crippen LogP contribution < -0.4 is 16.6 Å². The van der Waals surface area contributed by atoms with E-state index in [9.17, 15) is 14.4 Å². The number of hydrogen-bond donors (Lipinski definition) is 3. The molecule has 0 bridgehead atoms. The van der Waals surface area contributed by atoms with Crippen molar-refractivity contribution in [2.75, 3.05) is 5.32 Å². The van der Waals surface area contributed by atoms with E-state index < -0.39 is 17.2 Å². The van der Waals surface area contributed by atoms with Crippen LogP contribution in [0.25, 0.3) is 11.0 Å². The predicted molar refractivity (Wildman–Crippen MR) is 106 cm³/mol. The summed E-state index contributed by atoms with van der Waals surface area (Å²) < 4.78 is 0.891. The number of aromatic amines is 2. The monoisotopic (exact) mass is 375 g/mol. The molecule has 0 fully saturated rings. The standard InChI is InChI=1S/C20H17N5O3/c1-25-18(26)11-16(24-20(25)28)19(27)21-13-7-8-14-15(10-13)23-17(22-14)9-12-5-3-2-4-6-12/h2-8,10-11H,9H2,1H3,(H,21,27)(H,22,23)(H,24,28). The Morgan fingerprint density at radius 1 is 1.07 bits per heavy atom. The van der Waals surface area contributed by atoms with Crippen LogP contribution in [-0.2, 0) is 13.5 Å². The van der Waals surface area contributed by atoms with E-state index in [1.165, 1.54) is 7.05 Å². The van der Waals surface area contributed by atoms with Gasteiger partial charge in [0.2, 0.25) is 0 Å². The lowest BCUT2D eigenvalue weighted by Crippen LogP contribution is -2.34. The zero-order valence-corrected chi connectivity index (χ0v) is 15.0. The smallest absolute Gasteiger partial charge is 0.328 e. The van der Waals surface area contributed by atoms with Crippen molar-refractivity contribution < 1.29 is 4.79 Å². The highest BCUT2D eigenvalue weighted by Gasteiger charge is 2.11. The van der Waals surface area contributed by atoms with Crippen LogP contribution >= 0.6 is 0 Å². The number of aromatic nitrogens is 4. The molecule has 8 nitrogen and oxygen atoms in total. The summed E-state index contributed by atoms with van der Waals surface area (Å²) >= 11 is 0. The highest BCUT2D eigenvalue weighted by atomic mass is 16.2. The molecule has 0 atom stereocenters. The van der Waals surface area contributed by atoms with Gasteiger partial charge in [-0.1, -0.05) is 30.3 Å². The molecule has 1 amide bonds. The molecule has 4 aromatic rings. The number of imidazole rings is 1. The molecule has 2 aromatic heterocycles. The summed E-state index contributed by atoms with van der Waals surface area (Å²) in [6.07, 6.45) is 0.672. The van der Waals surface area contributed by atoms with Crippen LogP contribution in [0.3, 0.4) is 0 Å². The third kappa shape index (κ3) is 3.48. The van der Waals surface area contributed by atoms with E-state index in [0.717, 1.165) is 33.1 Å². The third-order valence-corrected chi connectivity index (χ3v) is 4.39. The third-order valence-electron chi connectivity index (χ3n) is 4.39. The summed E-state index contributed by atoms with van der Waals surface area (Å²) in [6.45, 7) is 0. The lowest BCUT2D eigenvalue weighted by atomic mass is 10.1. The molecule has 0 saturated heterocycles. The summed E-state index contributed by atoms with van der Waals surface area (Å²) in [5.41, 5.74) is 1.93. The minimum Gasteiger partial charge on any atom is -0.342 e. The number of nitrogens with one attached hydrogen (secondary N) is 3. The number of H-pyrrole nitrogens is 2. The second-order valence-electron chi connectivity index (χ2n) is 6.42. The molecular weight excluding hydrogens is 358 g/mol. The van der Waals surface area contributed by atoms with E-state index in [1.807, 2.05) is 30.3 Å². The van der Waals surface area contributed by atoms with Crippen LogP contribution in [0, 0.1) is 0 Å². The van der Waals surface area contributed by atoms with Crippen LogP contribution in [0.1, 0.15) is 21.9 Å². The highest BCUT2D eigenvalue weighted by Crippen LogP contribution is 2.19. The Bertz CT molecular complexity index is 1250. The Morgan fingerprint density at radius 2 is 1.86 bits per heavy atom. The summed E-state index contributed by atoms with van der Waals surface area (Å²) in [4.78, 5) is 45.9. The number of amides is 1. The molecule has 0 aliphatic heterocycles. The molecule has 0 radical (unpaired) electrons. The first kappa shape index (κ1) is 17.5. The molecule has 28 heavy (non-hydrogen) atoms. The van der Waals surface area contributed by atoms with Crippen molar-refractivity contribution in [1.29, 1.82) is 0 Å². The number of carbonyl (C=O) groups excluding carboxylic acids is 1. The van der Waals surface area contributed by atoms with Crippen LogP contribution in [0.15, 0.2) is 64.2 Å². The highest BCUT2D eigenvalue weighted by molar-refractivity contribution is 6.03. The van der Waals surface area contributed by atoms with Gasteiger partial charge in [0.05, 0.1) is 11.0 Å². The average molecular weight is 375 g/mol. The molecule has 4 rings (SSSR count). The van der Waals surface area contributed by atoms with E-state index in [1.54, 1.807) is 18.2 Å². The Balaban J connectivity index is 1.57. The number of anilines is 1. The fourth-order valence-electron chi connectivity index (χ4n) is 2.89. The van der Waals surface area contributed by atoms with E-state index in [4.69, 9.17) is 0 Å². The topological polar surface area (TPSA) is 113 Å². The number of benzene rings is 2. The Morgan fingerprint density at radius 3 is 2.61 bits per heavy atom. The van der Waals surface area contributed by atoms with Crippen molar-refractivity contribution >= 4 is 22.6 Å². The Kier molecular flexibility index (Phi) is 4.36. The van der Waals surface area contributed by atoms with Crippen LogP contribution in [0.4, 0.5) is 5.69 Å². The van der Waals surface area contributed by atoms with E-state index in [-0.39, 0.29) is 5.69 Å². The SMILES string of the molecule is Cn1c(=O)cc(C(=O)Nc2ccc3nc(Cc4ccccc4)[nH]c3c2)[nH]c1=O. The fourth-order valence-corrected chi connectivity index (χ4v) is 2.89. The molecule has 0 spiro atoms. The average Bonchev–Trinajstić information content (AvgIpc) is 3.08. The van der Waals surface area contributed by atoms with Gasteiger partial charge in [-0.15, -0.1) is 0 Å². The number of rotatable bonds is 4. The molecule has 140 valence electrons. The Labute approximate surface area is 158 Å². The van der Waals surface area contributed by atoms with Gasteiger partial charge >= 0.3 is 5.69 Å². The lowest BCUT2D eigenvalue weighted by molar-refractivity contribution is 0.102. The lowest BCUT2D eigenvalue weighted by Gasteiger charge is -2.05. The van der Waals surface area contributed by atoms with Crippen molar-refractivity contribution in [1.82, 2.24) is 19.5 Å². The summed E-state index contributed by atoms with van der Waals surface area (Å²) in [6, 6.07) is 16.3. The molecule has 2 aromatic carbocycles. The molecule has 2 heterocycles.